The lowest BCUT2D eigenvalue weighted by Gasteiger charge is -2.31. The number of hydrogen-bond donors (Lipinski definition) is 3. The number of primary amides is 1. The van der Waals surface area contributed by atoms with Crippen molar-refractivity contribution in [3.05, 3.63) is 102 Å². The van der Waals surface area contributed by atoms with Gasteiger partial charge in [0, 0.05) is 5.69 Å². The summed E-state index contributed by atoms with van der Waals surface area (Å²) in [4.78, 5) is 40.1. The number of nitrogens with zero attached hydrogens (tertiary/aromatic N) is 1. The van der Waals surface area contributed by atoms with Crippen molar-refractivity contribution >= 4 is 23.5 Å². The largest absolute Gasteiger partial charge is 0.368 e. The van der Waals surface area contributed by atoms with Crippen LogP contribution in [0.5, 0.6) is 0 Å². The Kier molecular flexibility index (Phi) is 7.45. The molecule has 4 rings (SSSR count). The molecule has 3 aromatic rings. The minimum Gasteiger partial charge on any atom is -0.368 e. The van der Waals surface area contributed by atoms with Gasteiger partial charge in [-0.15, -0.1) is 0 Å². The fraction of sp³-hybridized carbons (Fsp3) is 0.250. The molecule has 3 aromatic carbocycles. The van der Waals surface area contributed by atoms with E-state index < -0.39 is 18.0 Å². The van der Waals surface area contributed by atoms with Crippen LogP contribution in [0.25, 0.3) is 0 Å². The zero-order chi connectivity index (χ0) is 24.8. The number of nitrogens with one attached hydrogen (secondary N) is 2. The highest BCUT2D eigenvalue weighted by Gasteiger charge is 2.39. The molecule has 0 aromatic heterocycles. The molecular formula is C28H30N4O3. The second-order valence-electron chi connectivity index (χ2n) is 8.96. The predicted molar refractivity (Wildman–Crippen MR) is 136 cm³/mol. The van der Waals surface area contributed by atoms with E-state index in [0.717, 1.165) is 16.7 Å². The Morgan fingerprint density at radius 2 is 1.57 bits per heavy atom. The first-order chi connectivity index (χ1) is 16.9. The van der Waals surface area contributed by atoms with Gasteiger partial charge in [-0.2, -0.15) is 0 Å². The molecule has 4 amide bonds. The molecule has 1 aliphatic rings. The quantitative estimate of drug-likeness (QED) is 0.505. The van der Waals surface area contributed by atoms with Crippen molar-refractivity contribution in [3.8, 4) is 0 Å². The fourth-order valence-corrected chi connectivity index (χ4v) is 4.75. The third-order valence-corrected chi connectivity index (χ3v) is 6.35. The molecule has 3 atom stereocenters. The van der Waals surface area contributed by atoms with E-state index in [1.165, 1.54) is 4.90 Å². The molecule has 0 radical (unpaired) electrons. The number of amides is 4. The van der Waals surface area contributed by atoms with Crippen molar-refractivity contribution in [2.45, 2.75) is 37.8 Å². The van der Waals surface area contributed by atoms with Crippen LogP contribution in [-0.4, -0.2) is 35.3 Å². The lowest BCUT2D eigenvalue weighted by atomic mass is 9.86. The number of likely N-dealkylation sites (tertiary alicyclic amines) is 1. The monoisotopic (exact) mass is 470 g/mol. The number of hydrogen-bond acceptors (Lipinski definition) is 3. The molecule has 7 nitrogen and oxygen atoms in total. The Morgan fingerprint density at radius 3 is 2.20 bits per heavy atom. The van der Waals surface area contributed by atoms with E-state index in [-0.39, 0.29) is 24.4 Å². The molecule has 3 unspecified atom stereocenters. The van der Waals surface area contributed by atoms with Gasteiger partial charge in [0.25, 0.3) is 0 Å². The highest BCUT2D eigenvalue weighted by Crippen LogP contribution is 2.39. The molecule has 7 heteroatoms. The van der Waals surface area contributed by atoms with E-state index in [1.54, 1.807) is 6.07 Å². The smallest absolute Gasteiger partial charge is 0.319 e. The summed E-state index contributed by atoms with van der Waals surface area (Å²) in [6.07, 6.45) is 1.01. The number of anilines is 1. The van der Waals surface area contributed by atoms with Crippen LogP contribution in [0.2, 0.25) is 0 Å². The first kappa shape index (κ1) is 24.0. The maximum Gasteiger partial charge on any atom is 0.319 e. The topological polar surface area (TPSA) is 105 Å². The van der Waals surface area contributed by atoms with E-state index in [1.807, 2.05) is 85.8 Å². The molecule has 180 valence electrons. The summed E-state index contributed by atoms with van der Waals surface area (Å²) in [5.74, 6) is -0.941. The molecule has 0 saturated carbocycles. The second-order valence-corrected chi connectivity index (χ2v) is 8.96. The normalized spacial score (nSPS) is 20.1. The standard InChI is InChI=1S/C28H30N4O3/c1-19-9-8-14-23(15-19)30-28(35)31-24-16-22(20-10-4-2-5-11-20)17-25(21-12-6-3-7-13-21)32(27(24)34)18-26(29)33/h2-15,22,24-25H,16-18H2,1H3,(H2,29,33)(H2,30,31,35). The van der Waals surface area contributed by atoms with Crippen molar-refractivity contribution in [2.24, 2.45) is 5.73 Å². The minimum absolute atomic E-state index is 0.0208. The third kappa shape index (κ3) is 6.06. The van der Waals surface area contributed by atoms with Crippen LogP contribution in [0.1, 0.15) is 41.5 Å². The van der Waals surface area contributed by atoms with Gasteiger partial charge in [0.15, 0.2) is 0 Å². The van der Waals surface area contributed by atoms with Crippen molar-refractivity contribution < 1.29 is 14.4 Å². The first-order valence-corrected chi connectivity index (χ1v) is 11.7. The van der Waals surface area contributed by atoms with E-state index >= 15 is 0 Å². The fourth-order valence-electron chi connectivity index (χ4n) is 4.75. The van der Waals surface area contributed by atoms with Gasteiger partial charge in [0.2, 0.25) is 11.8 Å². The molecule has 35 heavy (non-hydrogen) atoms. The summed E-state index contributed by atoms with van der Waals surface area (Å²) < 4.78 is 0. The van der Waals surface area contributed by atoms with Gasteiger partial charge in [-0.1, -0.05) is 72.8 Å². The highest BCUT2D eigenvalue weighted by atomic mass is 16.2. The molecule has 1 saturated heterocycles. The summed E-state index contributed by atoms with van der Waals surface area (Å²) in [6, 6.07) is 25.4. The maximum absolute atomic E-state index is 13.8. The Labute approximate surface area is 205 Å². The zero-order valence-electron chi connectivity index (χ0n) is 19.7. The molecule has 1 heterocycles. The van der Waals surface area contributed by atoms with E-state index in [4.69, 9.17) is 5.73 Å². The Bertz CT molecular complexity index is 1180. The SMILES string of the molecule is Cc1cccc(NC(=O)NC2CC(c3ccccc3)CC(c3ccccc3)N(CC(N)=O)C2=O)c1. The number of urea groups is 1. The van der Waals surface area contributed by atoms with Gasteiger partial charge < -0.3 is 21.3 Å². The molecule has 1 fully saturated rings. The molecule has 4 N–H and O–H groups in total. The Balaban J connectivity index is 1.66. The number of carbonyl (C=O) groups is 3. The van der Waals surface area contributed by atoms with Gasteiger partial charge in [-0.25, -0.2) is 4.79 Å². The summed E-state index contributed by atoms with van der Waals surface area (Å²) in [5, 5.41) is 5.67. The number of carbonyl (C=O) groups excluding carboxylic acids is 3. The minimum atomic E-state index is -0.821. The Morgan fingerprint density at radius 1 is 0.914 bits per heavy atom. The summed E-state index contributed by atoms with van der Waals surface area (Å²) in [6.45, 7) is 1.71. The van der Waals surface area contributed by atoms with Crippen LogP contribution in [0.15, 0.2) is 84.9 Å². The van der Waals surface area contributed by atoms with E-state index in [0.29, 0.717) is 18.5 Å². The summed E-state index contributed by atoms with van der Waals surface area (Å²) >= 11 is 0. The predicted octanol–water partition coefficient (Wildman–Crippen LogP) is 4.12. The summed E-state index contributed by atoms with van der Waals surface area (Å²) in [7, 11) is 0. The lowest BCUT2D eigenvalue weighted by Crippen LogP contribution is -2.51. The zero-order valence-corrected chi connectivity index (χ0v) is 19.7. The molecule has 0 spiro atoms. The van der Waals surface area contributed by atoms with Gasteiger partial charge in [0.1, 0.15) is 6.04 Å². The number of rotatable bonds is 6. The lowest BCUT2D eigenvalue weighted by molar-refractivity contribution is -0.138. The first-order valence-electron chi connectivity index (χ1n) is 11.7. The third-order valence-electron chi connectivity index (χ3n) is 6.35. The number of nitrogens with two attached hydrogens (primary N) is 1. The average Bonchev–Trinajstić information content (AvgIpc) is 2.97. The van der Waals surface area contributed by atoms with Crippen LogP contribution in [0.4, 0.5) is 10.5 Å². The van der Waals surface area contributed by atoms with Crippen molar-refractivity contribution in [1.29, 1.82) is 0 Å². The second kappa shape index (κ2) is 10.9. The van der Waals surface area contributed by atoms with E-state index in [2.05, 4.69) is 10.6 Å². The van der Waals surface area contributed by atoms with Crippen molar-refractivity contribution in [2.75, 3.05) is 11.9 Å². The van der Waals surface area contributed by atoms with Crippen molar-refractivity contribution in [3.63, 3.8) is 0 Å². The highest BCUT2D eigenvalue weighted by molar-refractivity contribution is 5.95. The van der Waals surface area contributed by atoms with Gasteiger partial charge in [0.05, 0.1) is 12.6 Å². The van der Waals surface area contributed by atoms with Crippen LogP contribution < -0.4 is 16.4 Å². The van der Waals surface area contributed by atoms with Crippen molar-refractivity contribution in [1.82, 2.24) is 10.2 Å². The van der Waals surface area contributed by atoms with Crippen LogP contribution in [0, 0.1) is 6.92 Å². The average molecular weight is 471 g/mol. The Hall–Kier alpha value is -4.13. The maximum atomic E-state index is 13.8. The summed E-state index contributed by atoms with van der Waals surface area (Å²) in [5.41, 5.74) is 9.20. The molecule has 0 bridgehead atoms. The molecular weight excluding hydrogens is 440 g/mol. The molecule has 1 aliphatic heterocycles. The van der Waals surface area contributed by atoms with E-state index in [9.17, 15) is 14.4 Å². The number of benzene rings is 3. The van der Waals surface area contributed by atoms with Gasteiger partial charge >= 0.3 is 6.03 Å². The van der Waals surface area contributed by atoms with Crippen LogP contribution >= 0.6 is 0 Å². The molecule has 0 aliphatic carbocycles. The van der Waals surface area contributed by atoms with Crippen LogP contribution in [-0.2, 0) is 9.59 Å². The number of aryl methyl sites for hydroxylation is 1. The van der Waals surface area contributed by atoms with Gasteiger partial charge in [-0.05, 0) is 54.5 Å². The van der Waals surface area contributed by atoms with Crippen LogP contribution in [0.3, 0.4) is 0 Å². The van der Waals surface area contributed by atoms with Gasteiger partial charge in [-0.3, -0.25) is 9.59 Å².